The molecule has 0 aromatic heterocycles. The lowest BCUT2D eigenvalue weighted by molar-refractivity contribution is -0.170. The molecule has 4 atom stereocenters. The Bertz CT molecular complexity index is 608. The van der Waals surface area contributed by atoms with E-state index in [2.05, 4.69) is 53.1 Å². The highest BCUT2D eigenvalue weighted by Crippen LogP contribution is 2.61. The predicted molar refractivity (Wildman–Crippen MR) is 81.9 cm³/mol. The van der Waals surface area contributed by atoms with E-state index in [1.165, 1.54) is 22.1 Å². The molecule has 3 fully saturated rings. The van der Waals surface area contributed by atoms with E-state index in [1.54, 1.807) is 0 Å². The fourth-order valence-electron chi connectivity index (χ4n) is 3.60. The quantitative estimate of drug-likeness (QED) is 0.497. The molecule has 0 spiro atoms. The summed E-state index contributed by atoms with van der Waals surface area (Å²) in [7, 11) is 0. The molecule has 22 heavy (non-hydrogen) atoms. The zero-order chi connectivity index (χ0) is 16.1. The summed E-state index contributed by atoms with van der Waals surface area (Å²) in [5.41, 5.74) is -2.70. The SMILES string of the molecule is O=C1NC(=O)[C@]2(C=CBr)[C@H](N1)[C@@H]1NC(=O)NC(=O)[C@@]12C=CBr. The minimum absolute atomic E-state index is 0.606. The summed E-state index contributed by atoms with van der Waals surface area (Å²) in [5.74, 6) is -1.21. The lowest BCUT2D eigenvalue weighted by atomic mass is 9.41. The molecule has 0 aromatic carbocycles. The van der Waals surface area contributed by atoms with Crippen molar-refractivity contribution < 1.29 is 19.2 Å². The Labute approximate surface area is 141 Å². The average Bonchev–Trinajstić information content (AvgIpc) is 2.44. The van der Waals surface area contributed by atoms with Crippen LogP contribution in [0.15, 0.2) is 22.1 Å². The van der Waals surface area contributed by atoms with Gasteiger partial charge in [-0.3, -0.25) is 20.2 Å². The van der Waals surface area contributed by atoms with E-state index >= 15 is 0 Å². The normalized spacial score (nSPS) is 40.3. The third kappa shape index (κ3) is 1.56. The van der Waals surface area contributed by atoms with Crippen LogP contribution >= 0.6 is 31.9 Å². The number of urea groups is 2. The highest BCUT2D eigenvalue weighted by atomic mass is 79.9. The van der Waals surface area contributed by atoms with Crippen LogP contribution in [0, 0.1) is 10.8 Å². The number of carbonyl (C=O) groups excluding carboxylic acids is 4. The second-order valence-electron chi connectivity index (χ2n) is 5.13. The number of hydrogen-bond acceptors (Lipinski definition) is 4. The van der Waals surface area contributed by atoms with E-state index in [-0.39, 0.29) is 0 Å². The van der Waals surface area contributed by atoms with E-state index in [9.17, 15) is 19.2 Å². The first kappa shape index (κ1) is 15.2. The van der Waals surface area contributed by atoms with E-state index in [4.69, 9.17) is 0 Å². The van der Waals surface area contributed by atoms with Gasteiger partial charge in [-0.25, -0.2) is 9.59 Å². The number of nitrogens with one attached hydrogen (secondary N) is 4. The highest BCUT2D eigenvalue weighted by molar-refractivity contribution is 9.11. The van der Waals surface area contributed by atoms with Crippen molar-refractivity contribution in [2.24, 2.45) is 10.8 Å². The molecule has 0 unspecified atom stereocenters. The number of fused-ring (bicyclic) bond motifs is 4. The van der Waals surface area contributed by atoms with Gasteiger partial charge in [-0.05, 0) is 9.97 Å². The molecule has 4 N–H and O–H groups in total. The minimum Gasteiger partial charge on any atom is -0.331 e. The van der Waals surface area contributed by atoms with Crippen LogP contribution in [0.25, 0.3) is 0 Å². The maximum Gasteiger partial charge on any atom is 0.321 e. The number of hydrogen-bond donors (Lipinski definition) is 4. The molecule has 116 valence electrons. The second kappa shape index (κ2) is 4.92. The summed E-state index contributed by atoms with van der Waals surface area (Å²) in [6, 6.07) is -2.79. The lowest BCUT2D eigenvalue weighted by Gasteiger charge is -2.66. The first-order chi connectivity index (χ1) is 10.4. The van der Waals surface area contributed by atoms with Crippen LogP contribution in [0.2, 0.25) is 0 Å². The Morgan fingerprint density at radius 1 is 0.773 bits per heavy atom. The Kier molecular flexibility index (Phi) is 3.40. The molecule has 1 saturated carbocycles. The van der Waals surface area contributed by atoms with Crippen LogP contribution in [0.5, 0.6) is 0 Å². The fourth-order valence-corrected chi connectivity index (χ4v) is 4.43. The van der Waals surface area contributed by atoms with E-state index in [1.807, 2.05) is 0 Å². The molecule has 8 nitrogen and oxygen atoms in total. The molecule has 2 heterocycles. The van der Waals surface area contributed by atoms with E-state index in [0.29, 0.717) is 0 Å². The van der Waals surface area contributed by atoms with Crippen LogP contribution in [0.4, 0.5) is 9.59 Å². The third-order valence-electron chi connectivity index (χ3n) is 4.43. The van der Waals surface area contributed by atoms with Gasteiger partial charge in [0.25, 0.3) is 0 Å². The van der Waals surface area contributed by atoms with Crippen molar-refractivity contribution in [2.45, 2.75) is 12.1 Å². The van der Waals surface area contributed by atoms with Crippen LogP contribution in [0.1, 0.15) is 0 Å². The van der Waals surface area contributed by atoms with E-state index < -0.39 is 46.8 Å². The zero-order valence-corrected chi connectivity index (χ0v) is 14.0. The van der Waals surface area contributed by atoms with Crippen LogP contribution in [-0.2, 0) is 9.59 Å². The van der Waals surface area contributed by atoms with Crippen molar-refractivity contribution in [3.8, 4) is 0 Å². The fraction of sp³-hybridized carbons (Fsp3) is 0.333. The van der Waals surface area contributed by atoms with Gasteiger partial charge in [0, 0.05) is 0 Å². The monoisotopic (exact) mass is 432 g/mol. The van der Waals surface area contributed by atoms with Gasteiger partial charge >= 0.3 is 12.1 Å². The van der Waals surface area contributed by atoms with Gasteiger partial charge in [0.2, 0.25) is 11.8 Å². The Morgan fingerprint density at radius 2 is 1.14 bits per heavy atom. The molecule has 3 rings (SSSR count). The predicted octanol–water partition coefficient (Wildman–Crippen LogP) is 0.206. The summed E-state index contributed by atoms with van der Waals surface area (Å²) in [5, 5.41) is 9.58. The minimum atomic E-state index is -1.35. The highest BCUT2D eigenvalue weighted by Gasteiger charge is 2.80. The first-order valence-electron chi connectivity index (χ1n) is 6.23. The van der Waals surface area contributed by atoms with Gasteiger partial charge in [0.05, 0.1) is 12.1 Å². The summed E-state index contributed by atoms with van der Waals surface area (Å²) < 4.78 is 0. The summed E-state index contributed by atoms with van der Waals surface area (Å²) >= 11 is 6.24. The number of rotatable bonds is 2. The zero-order valence-electron chi connectivity index (χ0n) is 10.9. The van der Waals surface area contributed by atoms with Crippen molar-refractivity contribution in [3.63, 3.8) is 0 Å². The van der Waals surface area contributed by atoms with Crippen LogP contribution < -0.4 is 21.3 Å². The molecule has 10 heteroatoms. The first-order valence-corrected chi connectivity index (χ1v) is 8.07. The molecule has 0 bridgehead atoms. The van der Waals surface area contributed by atoms with Crippen molar-refractivity contribution in [1.29, 1.82) is 0 Å². The number of imide groups is 2. The topological polar surface area (TPSA) is 116 Å². The molecule has 6 amide bonds. The van der Waals surface area contributed by atoms with Crippen molar-refractivity contribution in [2.75, 3.05) is 0 Å². The average molecular weight is 434 g/mol. The Balaban J connectivity index is 2.22. The molecule has 2 saturated heterocycles. The Hall–Kier alpha value is -1.68. The number of amides is 6. The third-order valence-corrected chi connectivity index (χ3v) is 4.96. The molecular formula is C12H10Br2N4O4. The second-order valence-corrected chi connectivity index (χ2v) is 6.19. The smallest absolute Gasteiger partial charge is 0.321 e. The standard InChI is InChI=1S/C12H10Br2N4O4/c13-3-1-11-5(15-9(21)17-7(11)19)6-12(11,2-4-14)8(20)18-10(22)16-6/h1-6H,(H2,15,17,19,21)(H2,16,18,20,22)/t5-,6+,11+,12-. The largest absolute Gasteiger partial charge is 0.331 e. The molecule has 3 aliphatic rings. The van der Waals surface area contributed by atoms with Gasteiger partial charge in [0.15, 0.2) is 0 Å². The van der Waals surface area contributed by atoms with Gasteiger partial charge in [-0.2, -0.15) is 0 Å². The molecule has 0 radical (unpaired) electrons. The van der Waals surface area contributed by atoms with Crippen LogP contribution in [0.3, 0.4) is 0 Å². The van der Waals surface area contributed by atoms with Gasteiger partial charge in [-0.1, -0.05) is 44.0 Å². The maximum atomic E-state index is 12.6. The van der Waals surface area contributed by atoms with Gasteiger partial charge in [-0.15, -0.1) is 0 Å². The van der Waals surface area contributed by atoms with Crippen molar-refractivity contribution >= 4 is 55.7 Å². The molecular weight excluding hydrogens is 424 g/mol. The van der Waals surface area contributed by atoms with Gasteiger partial charge < -0.3 is 10.6 Å². The summed E-state index contributed by atoms with van der Waals surface area (Å²) in [6.07, 6.45) is 3.01. The lowest BCUT2D eigenvalue weighted by Crippen LogP contribution is -2.91. The molecule has 1 aliphatic carbocycles. The van der Waals surface area contributed by atoms with Crippen molar-refractivity contribution in [3.05, 3.63) is 22.1 Å². The maximum absolute atomic E-state index is 12.6. The van der Waals surface area contributed by atoms with Crippen molar-refractivity contribution in [1.82, 2.24) is 21.3 Å². The van der Waals surface area contributed by atoms with Gasteiger partial charge in [0.1, 0.15) is 10.8 Å². The molecule has 0 aromatic rings. The number of halogens is 2. The Morgan fingerprint density at radius 3 is 1.45 bits per heavy atom. The van der Waals surface area contributed by atoms with Crippen LogP contribution in [-0.4, -0.2) is 36.0 Å². The van der Waals surface area contributed by atoms with E-state index in [0.717, 1.165) is 0 Å². The summed E-state index contributed by atoms with van der Waals surface area (Å²) in [6.45, 7) is 0. The number of carbonyl (C=O) groups is 4. The molecule has 2 aliphatic heterocycles. The summed E-state index contributed by atoms with van der Waals surface area (Å²) in [4.78, 5) is 51.2.